The number of carbonyl (C=O) groups is 2. The molecule has 2 aliphatic rings. The van der Waals surface area contributed by atoms with Crippen LogP contribution < -0.4 is 46.2 Å². The summed E-state index contributed by atoms with van der Waals surface area (Å²) in [5.74, 6) is -2.97. The fraction of sp³-hybridized carbons (Fsp3) is 0.673. The van der Waals surface area contributed by atoms with E-state index in [4.69, 9.17) is 68.2 Å². The van der Waals surface area contributed by atoms with Gasteiger partial charge in [-0.3, -0.25) is 28.7 Å². The molecule has 134 heavy (non-hydrogen) atoms. The maximum atomic E-state index is 14.8. The Balaban J connectivity index is 1.04. The molecule has 2 fully saturated rings. The number of aliphatic hydroxyl groups is 2. The first-order chi connectivity index (χ1) is 65.2. The van der Waals surface area contributed by atoms with E-state index in [1.807, 2.05) is 60.7 Å². The number of nitrogens with zero attached hydrogens (tertiary/aromatic N) is 3. The zero-order valence-electron chi connectivity index (χ0n) is 82.1. The summed E-state index contributed by atoms with van der Waals surface area (Å²) in [4.78, 5) is 87.7. The van der Waals surface area contributed by atoms with E-state index in [0.717, 1.165) is 86.2 Å². The molecule has 2 saturated heterocycles. The topological polar surface area (TPSA) is 319 Å². The Morgan fingerprint density at radius 3 is 1.22 bits per heavy atom. The van der Waals surface area contributed by atoms with E-state index in [9.17, 15) is 44.2 Å². The van der Waals surface area contributed by atoms with Crippen LogP contribution in [0.25, 0.3) is 0 Å². The SMILES string of the molecule is CCCCCCCCCCCCCCCCCCOc1cc(C(=O)OCC(=O)O[C@]2(O)C[C@H](n3cc(C)c(=O)[nH]c3=O)O[C@@H]2COP(=S)(OCCC#N)[C@]2(O)C[C@H](n3cc(C)c(=O)[nH]c3=O)O[C@@H]2COC(c2ccccc2)(c2ccc(OC)cc2)c2ccc(OC)cc2)cc(OCCCCCCCCCCCCCCCCCC)c1OCCCCCCCCCCCCCCCCCC. The van der Waals surface area contributed by atoms with Crippen LogP contribution in [-0.4, -0.2) is 125 Å². The Hall–Kier alpha value is -7.96. The molecule has 1 unspecified atom stereocenters. The molecule has 0 aliphatic carbocycles. The van der Waals surface area contributed by atoms with Gasteiger partial charge in [0, 0.05) is 29.9 Å². The quantitative estimate of drug-likeness (QED) is 0.00906. The fourth-order valence-corrected chi connectivity index (χ4v) is 21.0. The van der Waals surface area contributed by atoms with Gasteiger partial charge in [0.05, 0.1) is 78.3 Å². The van der Waals surface area contributed by atoms with Gasteiger partial charge in [0.1, 0.15) is 41.8 Å². The van der Waals surface area contributed by atoms with E-state index in [0.29, 0.717) is 65.3 Å². The molecule has 0 bridgehead atoms. The minimum absolute atomic E-state index is 0.00623. The van der Waals surface area contributed by atoms with Gasteiger partial charge in [-0.1, -0.05) is 364 Å². The van der Waals surface area contributed by atoms with E-state index in [-0.39, 0.29) is 23.1 Å². The predicted molar refractivity (Wildman–Crippen MR) is 532 cm³/mol. The molecule has 746 valence electrons. The number of aryl methyl sites for hydroxylation is 2. The van der Waals surface area contributed by atoms with E-state index in [2.05, 4.69) is 30.7 Å². The number of unbranched alkanes of at least 4 members (excludes halogenated alkanes) is 45. The highest BCUT2D eigenvalue weighted by atomic mass is 32.5. The van der Waals surface area contributed by atoms with Gasteiger partial charge in [-0.15, -0.1) is 0 Å². The zero-order chi connectivity index (χ0) is 95.9. The molecule has 0 saturated carbocycles. The van der Waals surface area contributed by atoms with E-state index < -0.39 is 122 Å². The van der Waals surface area contributed by atoms with Crippen LogP contribution in [0.1, 0.15) is 399 Å². The summed E-state index contributed by atoms with van der Waals surface area (Å²) in [6.45, 7) is 3.19. The number of aromatic amines is 2. The normalized spacial score (nSPS) is 17.6. The lowest BCUT2D eigenvalue weighted by Crippen LogP contribution is -2.47. The third-order valence-corrected chi connectivity index (χ3v) is 30.1. The molecular formula is C107H162N5O20PS. The maximum Gasteiger partial charge on any atom is 0.346 e. The maximum absolute atomic E-state index is 14.8. The van der Waals surface area contributed by atoms with Gasteiger partial charge in [0.2, 0.25) is 18.0 Å². The lowest BCUT2D eigenvalue weighted by molar-refractivity contribution is -0.232. The van der Waals surface area contributed by atoms with Gasteiger partial charge in [-0.25, -0.2) is 19.2 Å². The number of hydrogen-bond acceptors (Lipinski definition) is 22. The van der Waals surface area contributed by atoms with Crippen molar-refractivity contribution in [2.24, 2.45) is 0 Å². The van der Waals surface area contributed by atoms with Gasteiger partial charge < -0.3 is 66.6 Å². The summed E-state index contributed by atoms with van der Waals surface area (Å²) >= 11 is 6.51. The molecule has 2 aliphatic heterocycles. The molecule has 4 aromatic carbocycles. The molecule has 4 N–H and O–H groups in total. The lowest BCUT2D eigenvalue weighted by Gasteiger charge is -2.41. The Morgan fingerprint density at radius 2 is 0.836 bits per heavy atom. The number of H-pyrrole nitrogens is 2. The van der Waals surface area contributed by atoms with E-state index in [1.54, 1.807) is 50.6 Å². The Bertz CT molecular complexity index is 4540. The number of nitriles is 1. The van der Waals surface area contributed by atoms with Crippen LogP contribution >= 0.6 is 6.49 Å². The van der Waals surface area contributed by atoms with Crippen molar-refractivity contribution < 1.29 is 76.2 Å². The van der Waals surface area contributed by atoms with Gasteiger partial charge in [0.15, 0.2) is 23.4 Å². The standard InChI is InChI=1S/C107H162N5O20PS/c1-8-11-14-17-20-23-26-29-32-35-38-41-44-47-50-56-71-123-92-75-86(76-93(124-72-57-51-48-45-42-39-36-33-30-27-24-21-18-15-12-9-2)99(92)125-73-58-52-49-46-43-40-37-34-31-28-25-22-19-16-13-10-3)102(116)126-83-98(113)132-105(119)77-96(111-79-84(4)100(114)109-103(111)117)130-94(105)82-129-133(134,128-74-59-70-108)106(120)78-97(112-80-85(5)101(115)110-104(112)118)131-95(106)81-127-107(87-60-54-53-55-61-87,88-62-66-90(121-6)67-63-88)89-64-68-91(122-7)69-65-89/h53-55,60-69,75-76,79-80,94-97,119-120H,8-52,56-59,71-74,77-78,81-83H2,1-7H3,(H,109,114,117)(H,110,115,118)/t94-,95-,96-,97-,105-,106-,133?/m1/s1. The number of aromatic nitrogens is 4. The van der Waals surface area contributed by atoms with Crippen LogP contribution in [0, 0.1) is 25.2 Å². The summed E-state index contributed by atoms with van der Waals surface area (Å²) in [5.41, 5.74) is -2.77. The van der Waals surface area contributed by atoms with Crippen molar-refractivity contribution in [3.8, 4) is 34.8 Å². The number of methoxy groups -OCH3 is 2. The number of hydrogen-bond donors (Lipinski definition) is 4. The molecular weight excluding hydrogens is 1740 g/mol. The summed E-state index contributed by atoms with van der Waals surface area (Å²) < 4.78 is 79.0. The predicted octanol–water partition coefficient (Wildman–Crippen LogP) is 24.3. The molecule has 0 radical (unpaired) electrons. The number of esters is 2. The van der Waals surface area contributed by atoms with Gasteiger partial charge in [-0.2, -0.15) is 5.26 Å². The molecule has 25 nitrogen and oxygen atoms in total. The Morgan fingerprint density at radius 1 is 0.478 bits per heavy atom. The zero-order valence-corrected chi connectivity index (χ0v) is 83.8. The van der Waals surface area contributed by atoms with Crippen molar-refractivity contribution in [2.45, 2.75) is 403 Å². The Labute approximate surface area is 803 Å². The number of benzene rings is 4. The van der Waals surface area contributed by atoms with Crippen LogP contribution in [-0.2, 0) is 54.9 Å². The minimum Gasteiger partial charge on any atom is -0.497 e. The highest BCUT2D eigenvalue weighted by molar-refractivity contribution is 8.10. The van der Waals surface area contributed by atoms with Crippen LogP contribution in [0.3, 0.4) is 0 Å². The van der Waals surface area contributed by atoms with Gasteiger partial charge in [0.25, 0.3) is 11.1 Å². The molecule has 7 atom stereocenters. The van der Waals surface area contributed by atoms with Crippen molar-refractivity contribution in [1.82, 2.24) is 19.1 Å². The number of carbonyl (C=O) groups excluding carboxylic acids is 2. The van der Waals surface area contributed by atoms with Crippen molar-refractivity contribution in [3.05, 3.63) is 178 Å². The molecule has 0 spiro atoms. The van der Waals surface area contributed by atoms with E-state index >= 15 is 0 Å². The van der Waals surface area contributed by atoms with Crippen molar-refractivity contribution >= 4 is 30.2 Å². The summed E-state index contributed by atoms with van der Waals surface area (Å²) in [6.07, 6.45) is 53.3. The number of rotatable bonds is 75. The molecule has 2 aromatic heterocycles. The first-order valence-electron chi connectivity index (χ1n) is 51.3. The highest BCUT2D eigenvalue weighted by Crippen LogP contribution is 2.67. The lowest BCUT2D eigenvalue weighted by atomic mass is 9.80. The third kappa shape index (κ3) is 36.8. The average molecular weight is 1900 g/mol. The first-order valence-corrected chi connectivity index (χ1v) is 53.9. The van der Waals surface area contributed by atoms with Crippen LogP contribution in [0.4, 0.5) is 0 Å². The highest BCUT2D eigenvalue weighted by Gasteiger charge is 2.61. The molecule has 8 rings (SSSR count). The summed E-state index contributed by atoms with van der Waals surface area (Å²) in [5, 5.41) is 34.5. The van der Waals surface area contributed by atoms with Crippen LogP contribution in [0.5, 0.6) is 28.7 Å². The second kappa shape index (κ2) is 62.8. The van der Waals surface area contributed by atoms with Crippen molar-refractivity contribution in [3.63, 3.8) is 0 Å². The minimum atomic E-state index is -4.61. The third-order valence-electron chi connectivity index (χ3n) is 26.1. The van der Waals surface area contributed by atoms with Crippen LogP contribution in [0.15, 0.2) is 123 Å². The first kappa shape index (κ1) is 111. The number of nitrogens with one attached hydrogen (secondary N) is 2. The van der Waals surface area contributed by atoms with Crippen molar-refractivity contribution in [1.29, 1.82) is 5.26 Å². The van der Waals surface area contributed by atoms with E-state index in [1.165, 1.54) is 257 Å². The molecule has 27 heteroatoms. The number of ether oxygens (including phenoxy) is 10. The average Bonchev–Trinajstić information content (AvgIpc) is 1.54. The molecule has 6 aromatic rings. The largest absolute Gasteiger partial charge is 0.497 e. The molecule has 0 amide bonds. The smallest absolute Gasteiger partial charge is 0.346 e. The summed E-state index contributed by atoms with van der Waals surface area (Å²) in [6, 6.07) is 28.8. The van der Waals surface area contributed by atoms with Gasteiger partial charge >= 0.3 is 23.3 Å². The summed E-state index contributed by atoms with van der Waals surface area (Å²) in [7, 11) is 3.09. The fourth-order valence-electron chi connectivity index (χ4n) is 18.0. The second-order valence-electron chi connectivity index (χ2n) is 36.9. The van der Waals surface area contributed by atoms with Crippen molar-refractivity contribution in [2.75, 3.05) is 60.5 Å². The second-order valence-corrected chi connectivity index (χ2v) is 40.6. The van der Waals surface area contributed by atoms with Gasteiger partial charge in [-0.05, 0) is 98.0 Å². The molecule has 4 heterocycles. The Kier molecular flexibility index (Phi) is 52.2. The van der Waals surface area contributed by atoms with Crippen LogP contribution in [0.2, 0.25) is 0 Å². The monoisotopic (exact) mass is 1900 g/mol.